The van der Waals surface area contributed by atoms with Gasteiger partial charge in [0, 0.05) is 4.47 Å². The number of hydrogen-bond acceptors (Lipinski definition) is 2. The molecule has 74 valence electrons. The maximum atomic E-state index is 13.4. The van der Waals surface area contributed by atoms with Crippen LogP contribution in [0.5, 0.6) is 5.75 Å². The van der Waals surface area contributed by atoms with Crippen LogP contribution in [0.4, 0.5) is 4.39 Å². The van der Waals surface area contributed by atoms with E-state index >= 15 is 0 Å². The highest BCUT2D eigenvalue weighted by atomic mass is 79.9. The van der Waals surface area contributed by atoms with E-state index < -0.39 is 11.6 Å². The van der Waals surface area contributed by atoms with Crippen LogP contribution in [-0.4, -0.2) is 12.9 Å². The third-order valence-electron chi connectivity index (χ3n) is 1.67. The van der Waals surface area contributed by atoms with Gasteiger partial charge in [0.15, 0.2) is 5.78 Å². The van der Waals surface area contributed by atoms with E-state index in [2.05, 4.69) is 22.5 Å². The number of carbonyl (C=O) groups is 1. The van der Waals surface area contributed by atoms with E-state index in [1.807, 2.05) is 0 Å². The van der Waals surface area contributed by atoms with Gasteiger partial charge in [-0.15, -0.1) is 0 Å². The highest BCUT2D eigenvalue weighted by Crippen LogP contribution is 2.27. The largest absolute Gasteiger partial charge is 0.496 e. The normalized spacial score (nSPS) is 9.64. The highest BCUT2D eigenvalue weighted by molar-refractivity contribution is 9.10. The molecule has 0 aliphatic carbocycles. The molecule has 0 unspecified atom stereocenters. The van der Waals surface area contributed by atoms with E-state index in [-0.39, 0.29) is 11.3 Å². The minimum absolute atomic E-state index is 0.0919. The van der Waals surface area contributed by atoms with Crippen LogP contribution < -0.4 is 4.74 Å². The number of benzene rings is 1. The summed E-state index contributed by atoms with van der Waals surface area (Å²) in [4.78, 5) is 11.3. The Morgan fingerprint density at radius 2 is 2.29 bits per heavy atom. The van der Waals surface area contributed by atoms with Gasteiger partial charge in [-0.05, 0) is 18.2 Å². The van der Waals surface area contributed by atoms with Gasteiger partial charge in [0.2, 0.25) is 0 Å². The molecule has 0 aromatic heterocycles. The van der Waals surface area contributed by atoms with Crippen molar-refractivity contribution in [2.75, 3.05) is 7.11 Å². The fourth-order valence-electron chi connectivity index (χ4n) is 1.05. The van der Waals surface area contributed by atoms with Crippen molar-refractivity contribution in [2.45, 2.75) is 0 Å². The van der Waals surface area contributed by atoms with Gasteiger partial charge in [-0.2, -0.15) is 0 Å². The summed E-state index contributed by atoms with van der Waals surface area (Å²) >= 11 is 3.10. The molecule has 0 atom stereocenters. The van der Waals surface area contributed by atoms with Crippen LogP contribution in [0.1, 0.15) is 10.4 Å². The van der Waals surface area contributed by atoms with Crippen molar-refractivity contribution in [1.29, 1.82) is 0 Å². The molecule has 0 radical (unpaired) electrons. The molecular formula is C10H8BrFO2. The number of halogens is 2. The first-order chi connectivity index (χ1) is 6.60. The summed E-state index contributed by atoms with van der Waals surface area (Å²) in [5.74, 6) is -0.922. The number of carbonyl (C=O) groups excluding carboxylic acids is 1. The van der Waals surface area contributed by atoms with Crippen molar-refractivity contribution >= 4 is 21.7 Å². The topological polar surface area (TPSA) is 26.3 Å². The van der Waals surface area contributed by atoms with E-state index in [1.165, 1.54) is 19.2 Å². The quantitative estimate of drug-likeness (QED) is 0.616. The maximum Gasteiger partial charge on any atom is 0.191 e. The van der Waals surface area contributed by atoms with Crippen molar-refractivity contribution < 1.29 is 13.9 Å². The Morgan fingerprint density at radius 1 is 1.64 bits per heavy atom. The van der Waals surface area contributed by atoms with E-state index in [1.54, 1.807) is 0 Å². The molecule has 2 nitrogen and oxygen atoms in total. The summed E-state index contributed by atoms with van der Waals surface area (Å²) in [5, 5.41) is 0. The molecule has 4 heteroatoms. The molecule has 0 aliphatic heterocycles. The van der Waals surface area contributed by atoms with Crippen LogP contribution in [0, 0.1) is 5.82 Å². The lowest BCUT2D eigenvalue weighted by Gasteiger charge is -2.07. The third kappa shape index (κ3) is 2.01. The molecule has 1 rings (SSSR count). The van der Waals surface area contributed by atoms with Gasteiger partial charge in [0.25, 0.3) is 0 Å². The molecule has 0 saturated heterocycles. The smallest absolute Gasteiger partial charge is 0.191 e. The second-order valence-corrected chi connectivity index (χ2v) is 3.45. The summed E-state index contributed by atoms with van der Waals surface area (Å²) in [7, 11) is 1.38. The zero-order chi connectivity index (χ0) is 10.7. The van der Waals surface area contributed by atoms with E-state index in [0.717, 1.165) is 6.08 Å². The first-order valence-electron chi connectivity index (χ1n) is 3.80. The Hall–Kier alpha value is -1.16. The van der Waals surface area contributed by atoms with Crippen molar-refractivity contribution in [1.82, 2.24) is 0 Å². The van der Waals surface area contributed by atoms with Gasteiger partial charge in [0.05, 0.1) is 12.7 Å². The van der Waals surface area contributed by atoms with Crippen LogP contribution >= 0.6 is 15.9 Å². The molecule has 0 N–H and O–H groups in total. The molecule has 0 spiro atoms. The number of ketones is 1. The van der Waals surface area contributed by atoms with Crippen molar-refractivity contribution in [3.05, 3.63) is 40.6 Å². The first-order valence-corrected chi connectivity index (χ1v) is 4.59. The Labute approximate surface area is 89.5 Å². The van der Waals surface area contributed by atoms with Crippen molar-refractivity contribution in [3.8, 4) is 5.75 Å². The molecule has 0 saturated carbocycles. The average Bonchev–Trinajstić information content (AvgIpc) is 2.15. The molecule has 0 amide bonds. The molecular weight excluding hydrogens is 251 g/mol. The molecule has 0 fully saturated rings. The minimum Gasteiger partial charge on any atom is -0.496 e. The molecule has 1 aromatic rings. The molecule has 14 heavy (non-hydrogen) atoms. The lowest BCUT2D eigenvalue weighted by molar-refractivity contribution is 0.104. The van der Waals surface area contributed by atoms with Crippen LogP contribution in [0.15, 0.2) is 29.3 Å². The van der Waals surface area contributed by atoms with Gasteiger partial charge in [0.1, 0.15) is 11.6 Å². The van der Waals surface area contributed by atoms with Gasteiger partial charge in [-0.3, -0.25) is 4.79 Å². The minimum atomic E-state index is -0.624. The number of rotatable bonds is 3. The number of methoxy groups -OCH3 is 1. The van der Waals surface area contributed by atoms with Gasteiger partial charge < -0.3 is 4.74 Å². The number of hydrogen-bond donors (Lipinski definition) is 0. The van der Waals surface area contributed by atoms with Crippen LogP contribution in [0.2, 0.25) is 0 Å². The summed E-state index contributed by atoms with van der Waals surface area (Å²) in [6.07, 6.45) is 1.05. The molecule has 1 aromatic carbocycles. The fraction of sp³-hybridized carbons (Fsp3) is 0.100. The van der Waals surface area contributed by atoms with E-state index in [4.69, 9.17) is 4.74 Å². The zero-order valence-electron chi connectivity index (χ0n) is 7.51. The number of ether oxygens (including phenoxy) is 1. The first kappa shape index (κ1) is 10.9. The third-order valence-corrected chi connectivity index (χ3v) is 2.13. The molecule has 0 bridgehead atoms. The van der Waals surface area contributed by atoms with Crippen LogP contribution in [-0.2, 0) is 0 Å². The van der Waals surface area contributed by atoms with Crippen LogP contribution in [0.25, 0.3) is 0 Å². The van der Waals surface area contributed by atoms with E-state index in [9.17, 15) is 9.18 Å². The maximum absolute atomic E-state index is 13.4. The second-order valence-electron chi connectivity index (χ2n) is 2.53. The lowest BCUT2D eigenvalue weighted by atomic mass is 10.1. The van der Waals surface area contributed by atoms with Gasteiger partial charge in [-0.1, -0.05) is 22.5 Å². The zero-order valence-corrected chi connectivity index (χ0v) is 9.10. The Kier molecular flexibility index (Phi) is 3.41. The summed E-state index contributed by atoms with van der Waals surface area (Å²) < 4.78 is 18.8. The Morgan fingerprint density at radius 3 is 2.79 bits per heavy atom. The van der Waals surface area contributed by atoms with Gasteiger partial charge in [-0.25, -0.2) is 4.39 Å². The van der Waals surface area contributed by atoms with Crippen LogP contribution in [0.3, 0.4) is 0 Å². The van der Waals surface area contributed by atoms with Crippen molar-refractivity contribution in [2.24, 2.45) is 0 Å². The monoisotopic (exact) mass is 258 g/mol. The Balaban J connectivity index is 3.39. The predicted molar refractivity (Wildman–Crippen MR) is 55.2 cm³/mol. The highest BCUT2D eigenvalue weighted by Gasteiger charge is 2.15. The Bertz CT molecular complexity index is 388. The summed E-state index contributed by atoms with van der Waals surface area (Å²) in [5.41, 5.74) is -0.0919. The SMILES string of the molecule is C=CC(=O)c1c(F)cc(Br)cc1OC. The lowest BCUT2D eigenvalue weighted by Crippen LogP contribution is -2.02. The molecule has 0 heterocycles. The second kappa shape index (κ2) is 4.37. The summed E-state index contributed by atoms with van der Waals surface area (Å²) in [6, 6.07) is 2.74. The summed E-state index contributed by atoms with van der Waals surface area (Å²) in [6.45, 7) is 3.29. The van der Waals surface area contributed by atoms with E-state index in [0.29, 0.717) is 4.47 Å². The molecule has 0 aliphatic rings. The standard InChI is InChI=1S/C10H8BrFO2/c1-3-8(13)10-7(12)4-6(11)5-9(10)14-2/h3-5H,1H2,2H3. The predicted octanol–water partition coefficient (Wildman–Crippen LogP) is 2.97. The number of allylic oxidation sites excluding steroid dienone is 1. The van der Waals surface area contributed by atoms with Gasteiger partial charge >= 0.3 is 0 Å². The van der Waals surface area contributed by atoms with Crippen molar-refractivity contribution in [3.63, 3.8) is 0 Å². The fourth-order valence-corrected chi connectivity index (χ4v) is 1.46. The average molecular weight is 259 g/mol.